The van der Waals surface area contributed by atoms with Crippen molar-refractivity contribution in [3.63, 3.8) is 0 Å². The first kappa shape index (κ1) is 20.4. The molecule has 27 heavy (non-hydrogen) atoms. The van der Waals surface area contributed by atoms with Crippen LogP contribution >= 0.6 is 0 Å². The Morgan fingerprint density at radius 3 is 2.59 bits per heavy atom. The number of halogens is 3. The summed E-state index contributed by atoms with van der Waals surface area (Å²) in [4.78, 5) is 11.9. The zero-order valence-electron chi connectivity index (χ0n) is 14.8. The van der Waals surface area contributed by atoms with Gasteiger partial charge in [-0.3, -0.25) is 4.79 Å². The van der Waals surface area contributed by atoms with Crippen molar-refractivity contribution in [1.29, 1.82) is 0 Å². The summed E-state index contributed by atoms with van der Waals surface area (Å²) in [6.07, 6.45) is -1.98. The number of hydrogen-bond donors (Lipinski definition) is 1. The van der Waals surface area contributed by atoms with E-state index in [1.54, 1.807) is 18.2 Å². The average molecular weight is 379 g/mol. The number of hydrogen-bond acceptors (Lipinski definition) is 3. The van der Waals surface area contributed by atoms with Gasteiger partial charge < -0.3 is 14.8 Å². The lowest BCUT2D eigenvalue weighted by molar-refractivity contribution is -0.137. The third-order valence-electron chi connectivity index (χ3n) is 3.71. The molecule has 0 aliphatic carbocycles. The van der Waals surface area contributed by atoms with Gasteiger partial charge in [-0.15, -0.1) is 6.58 Å². The molecule has 2 aromatic rings. The number of carbonyl (C=O) groups is 1. The van der Waals surface area contributed by atoms with Crippen LogP contribution in [0.1, 0.15) is 16.7 Å². The molecule has 0 fully saturated rings. The topological polar surface area (TPSA) is 47.6 Å². The fourth-order valence-corrected chi connectivity index (χ4v) is 2.38. The van der Waals surface area contributed by atoms with Crippen molar-refractivity contribution in [3.8, 4) is 11.5 Å². The van der Waals surface area contributed by atoms with Crippen molar-refractivity contribution in [2.75, 3.05) is 13.7 Å². The van der Waals surface area contributed by atoms with Crippen molar-refractivity contribution < 1.29 is 27.4 Å². The molecule has 1 N–H and O–H groups in total. The zero-order chi connectivity index (χ0) is 19.9. The molecular weight excluding hydrogens is 359 g/mol. The van der Waals surface area contributed by atoms with Crippen LogP contribution in [0.3, 0.4) is 0 Å². The standard InChI is InChI=1S/C20H20F3NO3/c1-3-5-14-8-9-17(18(11-14)26-2)27-13-19(25)24-12-15-6-4-7-16(10-15)20(21,22)23/h3-4,6-11H,1,5,12-13H2,2H3,(H,24,25). The molecule has 0 bridgehead atoms. The number of amides is 1. The van der Waals surface area contributed by atoms with E-state index >= 15 is 0 Å². The first-order chi connectivity index (χ1) is 12.8. The van der Waals surface area contributed by atoms with Gasteiger partial charge in [0.2, 0.25) is 0 Å². The Morgan fingerprint density at radius 2 is 1.93 bits per heavy atom. The smallest absolute Gasteiger partial charge is 0.416 e. The van der Waals surface area contributed by atoms with Gasteiger partial charge in [0.15, 0.2) is 18.1 Å². The fraction of sp³-hybridized carbons (Fsp3) is 0.250. The summed E-state index contributed by atoms with van der Waals surface area (Å²) in [5.41, 5.74) is 0.586. The van der Waals surface area contributed by atoms with Crippen molar-refractivity contribution in [2.45, 2.75) is 19.1 Å². The minimum absolute atomic E-state index is 0.0263. The van der Waals surface area contributed by atoms with Crippen LogP contribution in [0.5, 0.6) is 11.5 Å². The molecule has 144 valence electrons. The third kappa shape index (κ3) is 6.06. The highest BCUT2D eigenvalue weighted by molar-refractivity contribution is 5.77. The van der Waals surface area contributed by atoms with Crippen LogP contribution in [0.15, 0.2) is 55.1 Å². The molecule has 2 rings (SSSR count). The molecule has 1 amide bonds. The predicted octanol–water partition coefficient (Wildman–Crippen LogP) is 4.14. The lowest BCUT2D eigenvalue weighted by Crippen LogP contribution is -2.28. The van der Waals surface area contributed by atoms with Gasteiger partial charge in [-0.2, -0.15) is 13.2 Å². The average Bonchev–Trinajstić information content (AvgIpc) is 2.65. The highest BCUT2D eigenvalue weighted by atomic mass is 19.4. The Kier molecular flexibility index (Phi) is 6.87. The highest BCUT2D eigenvalue weighted by Crippen LogP contribution is 2.30. The van der Waals surface area contributed by atoms with Crippen molar-refractivity contribution >= 4 is 5.91 Å². The first-order valence-electron chi connectivity index (χ1n) is 8.17. The summed E-state index contributed by atoms with van der Waals surface area (Å²) in [6, 6.07) is 10.1. The van der Waals surface area contributed by atoms with Gasteiger partial charge in [0.25, 0.3) is 5.91 Å². The summed E-state index contributed by atoms with van der Waals surface area (Å²) in [6.45, 7) is 3.36. The molecule has 0 saturated carbocycles. The highest BCUT2D eigenvalue weighted by Gasteiger charge is 2.30. The second kappa shape index (κ2) is 9.12. The van der Waals surface area contributed by atoms with E-state index in [2.05, 4.69) is 11.9 Å². The molecule has 2 aromatic carbocycles. The van der Waals surface area contributed by atoms with Crippen LogP contribution in [0.25, 0.3) is 0 Å². The van der Waals surface area contributed by atoms with Crippen LogP contribution in [0.4, 0.5) is 13.2 Å². The Morgan fingerprint density at radius 1 is 1.15 bits per heavy atom. The van der Waals surface area contributed by atoms with Crippen molar-refractivity contribution in [3.05, 3.63) is 71.8 Å². The number of nitrogens with one attached hydrogen (secondary N) is 1. The van der Waals surface area contributed by atoms with Crippen molar-refractivity contribution in [1.82, 2.24) is 5.32 Å². The van der Waals surface area contributed by atoms with E-state index in [0.29, 0.717) is 23.5 Å². The molecule has 0 aliphatic heterocycles. The normalized spacial score (nSPS) is 11.0. The molecule has 0 aliphatic rings. The van der Waals surface area contributed by atoms with Crippen molar-refractivity contribution in [2.24, 2.45) is 0 Å². The molecule has 7 heteroatoms. The van der Waals surface area contributed by atoms with E-state index in [0.717, 1.165) is 17.7 Å². The number of methoxy groups -OCH3 is 1. The fourth-order valence-electron chi connectivity index (χ4n) is 2.38. The van der Waals surface area contributed by atoms with E-state index in [-0.39, 0.29) is 13.2 Å². The maximum absolute atomic E-state index is 12.7. The van der Waals surface area contributed by atoms with E-state index in [9.17, 15) is 18.0 Å². The van der Waals surface area contributed by atoms with E-state index in [4.69, 9.17) is 9.47 Å². The van der Waals surface area contributed by atoms with Gasteiger partial charge in [0.1, 0.15) is 0 Å². The van der Waals surface area contributed by atoms with Gasteiger partial charge in [-0.1, -0.05) is 24.3 Å². The number of ether oxygens (including phenoxy) is 2. The maximum Gasteiger partial charge on any atom is 0.416 e. The quantitative estimate of drug-likeness (QED) is 0.702. The summed E-state index contributed by atoms with van der Waals surface area (Å²) in [5, 5.41) is 2.53. The Hall–Kier alpha value is -2.96. The minimum atomic E-state index is -4.42. The predicted molar refractivity (Wildman–Crippen MR) is 95.7 cm³/mol. The van der Waals surface area contributed by atoms with Crippen LogP contribution in [-0.2, 0) is 23.9 Å². The van der Waals surface area contributed by atoms with Crippen LogP contribution in [-0.4, -0.2) is 19.6 Å². The van der Waals surface area contributed by atoms with Gasteiger partial charge in [-0.05, 0) is 41.8 Å². The lowest BCUT2D eigenvalue weighted by Gasteiger charge is -2.12. The Labute approximate surface area is 155 Å². The van der Waals surface area contributed by atoms with E-state index < -0.39 is 17.6 Å². The summed E-state index contributed by atoms with van der Waals surface area (Å²) in [7, 11) is 1.49. The van der Waals surface area contributed by atoms with Crippen LogP contribution < -0.4 is 14.8 Å². The Bertz CT molecular complexity index is 803. The third-order valence-corrected chi connectivity index (χ3v) is 3.71. The summed E-state index contributed by atoms with van der Waals surface area (Å²) < 4.78 is 48.8. The number of alkyl halides is 3. The van der Waals surface area contributed by atoms with E-state index in [1.165, 1.54) is 19.2 Å². The molecule has 0 heterocycles. The van der Waals surface area contributed by atoms with Gasteiger partial charge in [-0.25, -0.2) is 0 Å². The number of rotatable bonds is 8. The molecular formula is C20H20F3NO3. The number of allylic oxidation sites excluding steroid dienone is 1. The molecule has 0 saturated heterocycles. The second-order valence-electron chi connectivity index (χ2n) is 5.74. The lowest BCUT2D eigenvalue weighted by atomic mass is 10.1. The second-order valence-corrected chi connectivity index (χ2v) is 5.74. The van der Waals surface area contributed by atoms with E-state index in [1.807, 2.05) is 6.07 Å². The molecule has 0 atom stereocenters. The molecule has 0 unspecified atom stereocenters. The van der Waals surface area contributed by atoms with Crippen LogP contribution in [0.2, 0.25) is 0 Å². The van der Waals surface area contributed by atoms with Gasteiger partial charge >= 0.3 is 6.18 Å². The number of benzene rings is 2. The van der Waals surface area contributed by atoms with Gasteiger partial charge in [0, 0.05) is 6.54 Å². The monoisotopic (exact) mass is 379 g/mol. The van der Waals surface area contributed by atoms with Gasteiger partial charge in [0.05, 0.1) is 12.7 Å². The molecule has 0 aromatic heterocycles. The van der Waals surface area contributed by atoms with Crippen LogP contribution in [0, 0.1) is 0 Å². The first-order valence-corrected chi connectivity index (χ1v) is 8.17. The molecule has 0 radical (unpaired) electrons. The number of carbonyl (C=O) groups excluding carboxylic acids is 1. The SMILES string of the molecule is C=CCc1ccc(OCC(=O)NCc2cccc(C(F)(F)F)c2)c(OC)c1. The largest absolute Gasteiger partial charge is 0.493 e. The zero-order valence-corrected chi connectivity index (χ0v) is 14.8. The maximum atomic E-state index is 12.7. The minimum Gasteiger partial charge on any atom is -0.493 e. The molecule has 0 spiro atoms. The Balaban J connectivity index is 1.91. The summed E-state index contributed by atoms with van der Waals surface area (Å²) in [5.74, 6) is 0.434. The molecule has 4 nitrogen and oxygen atoms in total. The summed E-state index contributed by atoms with van der Waals surface area (Å²) >= 11 is 0.